The molecule has 2 fully saturated rings. The summed E-state index contributed by atoms with van der Waals surface area (Å²) < 4.78 is 11.9. The zero-order valence-electron chi connectivity index (χ0n) is 16.8. The third kappa shape index (κ3) is 3.53. The molecule has 0 unspecified atom stereocenters. The van der Waals surface area contributed by atoms with Gasteiger partial charge in [-0.05, 0) is 29.3 Å². The lowest BCUT2D eigenvalue weighted by Gasteiger charge is -2.42. The van der Waals surface area contributed by atoms with Gasteiger partial charge in [0.15, 0.2) is 5.60 Å². The quantitative estimate of drug-likeness (QED) is 0.655. The van der Waals surface area contributed by atoms with Gasteiger partial charge >= 0.3 is 0 Å². The molecule has 2 aliphatic heterocycles. The molecule has 0 N–H and O–H groups in total. The largest absolute Gasteiger partial charge is 0.468 e. The van der Waals surface area contributed by atoms with E-state index < -0.39 is 5.60 Å². The number of nitrogens with zero attached hydrogens (tertiary/aromatic N) is 3. The first-order valence-electron chi connectivity index (χ1n) is 10.4. The molecule has 0 aliphatic carbocycles. The third-order valence-electron chi connectivity index (χ3n) is 6.09. The van der Waals surface area contributed by atoms with Crippen molar-refractivity contribution in [3.8, 4) is 0 Å². The van der Waals surface area contributed by atoms with Crippen molar-refractivity contribution in [2.75, 3.05) is 26.2 Å². The Bertz CT molecular complexity index is 977. The number of hydrogen-bond acceptors (Lipinski definition) is 5. The van der Waals surface area contributed by atoms with Crippen LogP contribution < -0.4 is 0 Å². The van der Waals surface area contributed by atoms with Crippen LogP contribution in [0.1, 0.15) is 22.8 Å². The van der Waals surface area contributed by atoms with Crippen LogP contribution in [0.4, 0.5) is 0 Å². The summed E-state index contributed by atoms with van der Waals surface area (Å²) in [5.41, 5.74) is 1.27. The number of furan rings is 1. The molecule has 1 aromatic carbocycles. The Morgan fingerprint density at radius 1 is 1.07 bits per heavy atom. The van der Waals surface area contributed by atoms with Gasteiger partial charge in [-0.25, -0.2) is 0 Å². The number of morpholine rings is 1. The van der Waals surface area contributed by atoms with Crippen LogP contribution in [0.3, 0.4) is 0 Å². The van der Waals surface area contributed by atoms with Gasteiger partial charge in [-0.15, -0.1) is 0 Å². The average Bonchev–Trinajstić information content (AvgIpc) is 3.42. The molecule has 6 nitrogen and oxygen atoms in total. The summed E-state index contributed by atoms with van der Waals surface area (Å²) in [6, 6.07) is 18.0. The molecule has 1 spiro atoms. The minimum atomic E-state index is -0.900. The SMILES string of the molecule is O=C1N(Cc2ccccc2)CCO[C@@]12CN(Cc1ccco1)C[C@H]2c1cccnc1. The second kappa shape index (κ2) is 8.05. The van der Waals surface area contributed by atoms with Gasteiger partial charge in [0.05, 0.1) is 19.4 Å². The summed E-state index contributed by atoms with van der Waals surface area (Å²) in [4.78, 5) is 22.3. The molecule has 0 saturated carbocycles. The van der Waals surface area contributed by atoms with E-state index in [4.69, 9.17) is 9.15 Å². The summed E-state index contributed by atoms with van der Waals surface area (Å²) in [5.74, 6) is 0.877. The topological polar surface area (TPSA) is 58.8 Å². The number of carbonyl (C=O) groups is 1. The van der Waals surface area contributed by atoms with Crippen LogP contribution in [-0.2, 0) is 22.6 Å². The first kappa shape index (κ1) is 19.0. The van der Waals surface area contributed by atoms with Gasteiger partial charge in [0.2, 0.25) is 0 Å². The van der Waals surface area contributed by atoms with Crippen LogP contribution in [0.5, 0.6) is 0 Å². The number of benzene rings is 1. The number of likely N-dealkylation sites (tertiary alicyclic amines) is 1. The number of rotatable bonds is 5. The predicted molar refractivity (Wildman–Crippen MR) is 112 cm³/mol. The van der Waals surface area contributed by atoms with Gasteiger partial charge in [0, 0.05) is 44.5 Å². The molecular formula is C24H25N3O3. The zero-order chi connectivity index (χ0) is 20.4. The maximum atomic E-state index is 13.8. The van der Waals surface area contributed by atoms with E-state index in [0.29, 0.717) is 32.8 Å². The summed E-state index contributed by atoms with van der Waals surface area (Å²) in [5, 5.41) is 0. The average molecular weight is 403 g/mol. The van der Waals surface area contributed by atoms with Crippen molar-refractivity contribution in [3.05, 3.63) is 90.1 Å². The minimum absolute atomic E-state index is 0.0633. The lowest BCUT2D eigenvalue weighted by atomic mass is 9.83. The second-order valence-corrected chi connectivity index (χ2v) is 8.04. The van der Waals surface area contributed by atoms with E-state index >= 15 is 0 Å². The molecule has 2 saturated heterocycles. The van der Waals surface area contributed by atoms with E-state index in [1.165, 1.54) is 0 Å². The molecule has 0 radical (unpaired) electrons. The van der Waals surface area contributed by atoms with Crippen LogP contribution in [0.25, 0.3) is 0 Å². The van der Waals surface area contributed by atoms with Crippen LogP contribution in [0, 0.1) is 0 Å². The standard InChI is InChI=1S/C24H25N3O3/c28-23-24(30-13-11-27(23)15-19-6-2-1-3-7-19)18-26(16-21-9-5-12-29-21)17-22(24)20-8-4-10-25-14-20/h1-10,12,14,22H,11,13,15-18H2/t22-,24+/m0/s1. The highest BCUT2D eigenvalue weighted by atomic mass is 16.5. The van der Waals surface area contributed by atoms with Crippen LogP contribution in [0.2, 0.25) is 0 Å². The van der Waals surface area contributed by atoms with Crippen LogP contribution >= 0.6 is 0 Å². The van der Waals surface area contributed by atoms with Crippen molar-refractivity contribution < 1.29 is 13.9 Å². The Kier molecular flexibility index (Phi) is 5.11. The smallest absolute Gasteiger partial charge is 0.257 e. The van der Waals surface area contributed by atoms with E-state index in [-0.39, 0.29) is 11.8 Å². The molecule has 2 aromatic heterocycles. The van der Waals surface area contributed by atoms with Gasteiger partial charge in [-0.2, -0.15) is 0 Å². The first-order valence-corrected chi connectivity index (χ1v) is 10.4. The van der Waals surface area contributed by atoms with Crippen LogP contribution in [-0.4, -0.2) is 52.5 Å². The number of hydrogen-bond donors (Lipinski definition) is 0. The first-order chi connectivity index (χ1) is 14.7. The lowest BCUT2D eigenvalue weighted by Crippen LogP contribution is -2.59. The monoisotopic (exact) mass is 403 g/mol. The Hall–Kier alpha value is -2.96. The number of carbonyl (C=O) groups excluding carboxylic acids is 1. The molecule has 30 heavy (non-hydrogen) atoms. The predicted octanol–water partition coefficient (Wildman–Crippen LogP) is 3.07. The summed E-state index contributed by atoms with van der Waals surface area (Å²) in [6.45, 7) is 3.65. The lowest BCUT2D eigenvalue weighted by molar-refractivity contribution is -0.173. The Morgan fingerprint density at radius 2 is 1.97 bits per heavy atom. The zero-order valence-corrected chi connectivity index (χ0v) is 16.8. The number of pyridine rings is 1. The molecule has 2 atom stereocenters. The normalized spacial score (nSPS) is 24.6. The highest BCUT2D eigenvalue weighted by Crippen LogP contribution is 2.42. The van der Waals surface area contributed by atoms with E-state index in [2.05, 4.69) is 22.0 Å². The highest BCUT2D eigenvalue weighted by molar-refractivity contribution is 5.88. The number of ether oxygens (including phenoxy) is 1. The minimum Gasteiger partial charge on any atom is -0.468 e. The van der Waals surface area contributed by atoms with Crippen molar-refractivity contribution in [1.29, 1.82) is 0 Å². The van der Waals surface area contributed by atoms with Crippen molar-refractivity contribution >= 4 is 5.91 Å². The number of aromatic nitrogens is 1. The fourth-order valence-corrected chi connectivity index (χ4v) is 4.70. The summed E-state index contributed by atoms with van der Waals surface area (Å²) in [7, 11) is 0. The van der Waals surface area contributed by atoms with Crippen molar-refractivity contribution in [1.82, 2.24) is 14.8 Å². The summed E-state index contributed by atoms with van der Waals surface area (Å²) >= 11 is 0. The van der Waals surface area contributed by atoms with Gasteiger partial charge in [0.25, 0.3) is 5.91 Å². The molecule has 6 heteroatoms. The third-order valence-corrected chi connectivity index (χ3v) is 6.09. The molecule has 3 aromatic rings. The van der Waals surface area contributed by atoms with Gasteiger partial charge < -0.3 is 14.1 Å². The summed E-state index contributed by atoms with van der Waals surface area (Å²) in [6.07, 6.45) is 5.30. The maximum absolute atomic E-state index is 13.8. The van der Waals surface area contributed by atoms with Crippen molar-refractivity contribution in [3.63, 3.8) is 0 Å². The van der Waals surface area contributed by atoms with Crippen molar-refractivity contribution in [2.45, 2.75) is 24.6 Å². The van der Waals surface area contributed by atoms with E-state index in [0.717, 1.165) is 23.4 Å². The maximum Gasteiger partial charge on any atom is 0.257 e. The van der Waals surface area contributed by atoms with Gasteiger partial charge in [-0.1, -0.05) is 36.4 Å². The Morgan fingerprint density at radius 3 is 2.73 bits per heavy atom. The Labute approximate surface area is 176 Å². The van der Waals surface area contributed by atoms with Gasteiger partial charge in [0.1, 0.15) is 5.76 Å². The number of amides is 1. The molecule has 154 valence electrons. The van der Waals surface area contributed by atoms with Crippen LogP contribution in [0.15, 0.2) is 77.7 Å². The molecule has 4 heterocycles. The fraction of sp³-hybridized carbons (Fsp3) is 0.333. The molecule has 5 rings (SSSR count). The molecular weight excluding hydrogens is 378 g/mol. The van der Waals surface area contributed by atoms with E-state index in [9.17, 15) is 4.79 Å². The Balaban J connectivity index is 1.45. The van der Waals surface area contributed by atoms with E-state index in [1.807, 2.05) is 53.6 Å². The van der Waals surface area contributed by atoms with Gasteiger partial charge in [-0.3, -0.25) is 14.7 Å². The highest BCUT2D eigenvalue weighted by Gasteiger charge is 2.57. The van der Waals surface area contributed by atoms with Crippen molar-refractivity contribution in [2.24, 2.45) is 0 Å². The van der Waals surface area contributed by atoms with E-state index in [1.54, 1.807) is 12.5 Å². The molecule has 1 amide bonds. The fourth-order valence-electron chi connectivity index (χ4n) is 4.70. The second-order valence-electron chi connectivity index (χ2n) is 8.04. The molecule has 0 bridgehead atoms. The molecule has 2 aliphatic rings.